The monoisotopic (exact) mass is 294 g/mol. The Kier molecular flexibility index (Phi) is 4.32. The van der Waals surface area contributed by atoms with Crippen molar-refractivity contribution >= 4 is 29.1 Å². The molecule has 1 heterocycles. The van der Waals surface area contributed by atoms with Gasteiger partial charge in [0.1, 0.15) is 0 Å². The highest BCUT2D eigenvalue weighted by atomic mass is 35.5. The molecule has 0 atom stereocenters. The molecule has 1 fully saturated rings. The number of carbonyl (C=O) groups is 1. The van der Waals surface area contributed by atoms with Crippen molar-refractivity contribution in [2.75, 3.05) is 43.4 Å². The molecule has 2 rings (SSSR count). The fraction of sp³-hybridized carbons (Fsp3) is 0.385. The van der Waals surface area contributed by atoms with Crippen molar-refractivity contribution in [3.8, 4) is 6.07 Å². The zero-order valence-electron chi connectivity index (χ0n) is 11.1. The Morgan fingerprint density at radius 1 is 1.40 bits per heavy atom. The number of hydrogen-bond acceptors (Lipinski definition) is 4. The molecule has 6 nitrogen and oxygen atoms in total. The number of likely N-dealkylation sites (N-methyl/N-ethyl adjacent to an activating group) is 1. The molecule has 0 saturated carbocycles. The molecule has 1 amide bonds. The van der Waals surface area contributed by atoms with Gasteiger partial charge in [0.25, 0.3) is 0 Å². The van der Waals surface area contributed by atoms with Gasteiger partial charge in [-0.15, -0.1) is 0 Å². The topological polar surface area (TPSA) is 79.6 Å². The van der Waals surface area contributed by atoms with Crippen LogP contribution < -0.4 is 10.2 Å². The molecule has 0 bridgehead atoms. The minimum Gasteiger partial charge on any atom is -0.465 e. The summed E-state index contributed by atoms with van der Waals surface area (Å²) in [6, 6.07) is 5.16. The molecule has 1 saturated heterocycles. The van der Waals surface area contributed by atoms with Gasteiger partial charge >= 0.3 is 6.09 Å². The molecule has 1 aliphatic rings. The maximum atomic E-state index is 10.8. The van der Waals surface area contributed by atoms with Crippen molar-refractivity contribution < 1.29 is 9.90 Å². The molecule has 0 aromatic heterocycles. The first-order valence-corrected chi connectivity index (χ1v) is 6.56. The van der Waals surface area contributed by atoms with E-state index in [2.05, 4.69) is 15.1 Å². The zero-order valence-corrected chi connectivity index (χ0v) is 11.8. The van der Waals surface area contributed by atoms with Gasteiger partial charge in [0.2, 0.25) is 0 Å². The largest absolute Gasteiger partial charge is 0.465 e. The molecule has 106 valence electrons. The summed E-state index contributed by atoms with van der Waals surface area (Å²) >= 11 is 6.26. The van der Waals surface area contributed by atoms with E-state index >= 15 is 0 Å². The molecule has 0 aliphatic carbocycles. The summed E-state index contributed by atoms with van der Waals surface area (Å²) in [5.74, 6) is 0. The lowest BCUT2D eigenvalue weighted by molar-refractivity contribution is 0.210. The third kappa shape index (κ3) is 3.13. The molecular weight excluding hydrogens is 280 g/mol. The van der Waals surface area contributed by atoms with E-state index in [9.17, 15) is 4.79 Å². The fourth-order valence-electron chi connectivity index (χ4n) is 2.16. The average molecular weight is 295 g/mol. The number of hydrogen-bond donors (Lipinski definition) is 2. The summed E-state index contributed by atoms with van der Waals surface area (Å²) in [7, 11) is 2.04. The quantitative estimate of drug-likeness (QED) is 0.873. The van der Waals surface area contributed by atoms with Crippen LogP contribution in [0.1, 0.15) is 5.56 Å². The van der Waals surface area contributed by atoms with Crippen LogP contribution in [-0.4, -0.2) is 49.3 Å². The highest BCUT2D eigenvalue weighted by Gasteiger charge is 2.20. The normalized spacial score (nSPS) is 15.8. The number of halogens is 1. The average Bonchev–Trinajstić information content (AvgIpc) is 2.41. The van der Waals surface area contributed by atoms with Gasteiger partial charge in [-0.1, -0.05) is 11.6 Å². The molecule has 0 spiro atoms. The van der Waals surface area contributed by atoms with Crippen molar-refractivity contribution in [1.82, 2.24) is 4.90 Å². The molecule has 0 unspecified atom stereocenters. The third-order valence-corrected chi connectivity index (χ3v) is 3.67. The predicted molar refractivity (Wildman–Crippen MR) is 77.5 cm³/mol. The Bertz CT molecular complexity index is 562. The SMILES string of the molecule is CN1CCN(c2cc(C#N)cc(NC(=O)O)c2Cl)CC1. The lowest BCUT2D eigenvalue weighted by atomic mass is 10.1. The molecule has 0 radical (unpaired) electrons. The Balaban J connectivity index is 2.36. The summed E-state index contributed by atoms with van der Waals surface area (Å²) in [5.41, 5.74) is 1.32. The number of carboxylic acid groups (broad SMARTS) is 1. The van der Waals surface area contributed by atoms with Crippen LogP contribution in [-0.2, 0) is 0 Å². The van der Waals surface area contributed by atoms with E-state index in [1.165, 1.54) is 6.07 Å². The first-order valence-electron chi connectivity index (χ1n) is 6.18. The number of nitrogens with one attached hydrogen (secondary N) is 1. The predicted octanol–water partition coefficient (Wildman–Crippen LogP) is 2.05. The van der Waals surface area contributed by atoms with Crippen molar-refractivity contribution in [3.05, 3.63) is 22.7 Å². The Morgan fingerprint density at radius 3 is 2.60 bits per heavy atom. The standard InChI is InChI=1S/C13H15ClN4O2/c1-17-2-4-18(5-3-17)11-7-9(8-15)6-10(12(11)14)16-13(19)20/h6-7,16H,2-5H2,1H3,(H,19,20). The maximum Gasteiger partial charge on any atom is 0.409 e. The molecule has 2 N–H and O–H groups in total. The first-order chi connectivity index (χ1) is 9.51. The lowest BCUT2D eigenvalue weighted by Crippen LogP contribution is -2.44. The molecule has 7 heteroatoms. The van der Waals surface area contributed by atoms with Crippen LogP contribution >= 0.6 is 11.6 Å². The van der Waals surface area contributed by atoms with Gasteiger partial charge in [0.05, 0.1) is 28.0 Å². The summed E-state index contributed by atoms with van der Waals surface area (Å²) in [6.07, 6.45) is -1.20. The molecular formula is C13H15ClN4O2. The van der Waals surface area contributed by atoms with Gasteiger partial charge in [-0.05, 0) is 19.2 Å². The number of rotatable bonds is 2. The van der Waals surface area contributed by atoms with Crippen LogP contribution in [0, 0.1) is 11.3 Å². The van der Waals surface area contributed by atoms with Crippen LogP contribution in [0.2, 0.25) is 5.02 Å². The number of benzene rings is 1. The second kappa shape index (κ2) is 5.99. The molecule has 1 aliphatic heterocycles. The van der Waals surface area contributed by atoms with E-state index in [0.29, 0.717) is 16.3 Å². The number of nitriles is 1. The van der Waals surface area contributed by atoms with E-state index in [0.717, 1.165) is 26.2 Å². The Labute approximate surface area is 122 Å². The summed E-state index contributed by atoms with van der Waals surface area (Å²) < 4.78 is 0. The van der Waals surface area contributed by atoms with E-state index in [1.54, 1.807) is 6.07 Å². The molecule has 1 aromatic carbocycles. The van der Waals surface area contributed by atoms with Gasteiger partial charge < -0.3 is 14.9 Å². The van der Waals surface area contributed by atoms with Gasteiger partial charge in [0.15, 0.2) is 0 Å². The van der Waals surface area contributed by atoms with Gasteiger partial charge in [-0.3, -0.25) is 5.32 Å². The summed E-state index contributed by atoms with van der Waals surface area (Å²) in [6.45, 7) is 3.37. The highest BCUT2D eigenvalue weighted by Crippen LogP contribution is 2.35. The third-order valence-electron chi connectivity index (χ3n) is 3.27. The second-order valence-corrected chi connectivity index (χ2v) is 5.07. The number of anilines is 2. The van der Waals surface area contributed by atoms with E-state index in [1.807, 2.05) is 13.1 Å². The van der Waals surface area contributed by atoms with Crippen LogP contribution in [0.15, 0.2) is 12.1 Å². The number of amides is 1. The van der Waals surface area contributed by atoms with E-state index in [-0.39, 0.29) is 5.69 Å². The summed E-state index contributed by atoms with van der Waals surface area (Å²) in [5, 5.41) is 20.4. The van der Waals surface area contributed by atoms with Crippen LogP contribution in [0.25, 0.3) is 0 Å². The minimum absolute atomic E-state index is 0.243. The number of nitrogens with zero attached hydrogens (tertiary/aromatic N) is 3. The Hall–Kier alpha value is -1.97. The van der Waals surface area contributed by atoms with Crippen LogP contribution in [0.5, 0.6) is 0 Å². The van der Waals surface area contributed by atoms with Crippen molar-refractivity contribution in [3.63, 3.8) is 0 Å². The number of piperazine rings is 1. The van der Waals surface area contributed by atoms with Crippen molar-refractivity contribution in [1.29, 1.82) is 5.26 Å². The fourth-order valence-corrected chi connectivity index (χ4v) is 2.43. The van der Waals surface area contributed by atoms with Crippen molar-refractivity contribution in [2.45, 2.75) is 0 Å². The van der Waals surface area contributed by atoms with Crippen LogP contribution in [0.3, 0.4) is 0 Å². The van der Waals surface area contributed by atoms with Crippen LogP contribution in [0.4, 0.5) is 16.2 Å². The maximum absolute atomic E-state index is 10.8. The lowest BCUT2D eigenvalue weighted by Gasteiger charge is -2.34. The molecule has 20 heavy (non-hydrogen) atoms. The van der Waals surface area contributed by atoms with Gasteiger partial charge in [-0.25, -0.2) is 4.79 Å². The van der Waals surface area contributed by atoms with E-state index < -0.39 is 6.09 Å². The minimum atomic E-state index is -1.20. The molecule has 1 aromatic rings. The van der Waals surface area contributed by atoms with Gasteiger partial charge in [-0.2, -0.15) is 5.26 Å². The highest BCUT2D eigenvalue weighted by molar-refractivity contribution is 6.36. The van der Waals surface area contributed by atoms with E-state index in [4.69, 9.17) is 22.0 Å². The smallest absolute Gasteiger partial charge is 0.409 e. The first kappa shape index (κ1) is 14.4. The second-order valence-electron chi connectivity index (χ2n) is 4.69. The van der Waals surface area contributed by atoms with Gasteiger partial charge in [0, 0.05) is 26.2 Å². The zero-order chi connectivity index (χ0) is 14.7. The summed E-state index contributed by atoms with van der Waals surface area (Å²) in [4.78, 5) is 15.0. The Morgan fingerprint density at radius 2 is 2.05 bits per heavy atom. The van der Waals surface area contributed by atoms with Crippen molar-refractivity contribution in [2.24, 2.45) is 0 Å².